The number of carbonyl (C=O) groups is 1. The molecule has 1 N–H and O–H groups in total. The van der Waals surface area contributed by atoms with Gasteiger partial charge in [0.25, 0.3) is 11.9 Å². The molecule has 4 aromatic rings. The summed E-state index contributed by atoms with van der Waals surface area (Å²) in [5, 5.41) is 4.23. The number of fused-ring (bicyclic) bond motifs is 2. The Morgan fingerprint density at radius 1 is 1.06 bits per heavy atom. The van der Waals surface area contributed by atoms with Gasteiger partial charge in [0.1, 0.15) is 5.52 Å². The van der Waals surface area contributed by atoms with Gasteiger partial charge in [0.2, 0.25) is 10.0 Å². The molecule has 1 aromatic heterocycles. The van der Waals surface area contributed by atoms with Gasteiger partial charge in [0.05, 0.1) is 11.4 Å². The Kier molecular flexibility index (Phi) is 5.69. The number of hydrogen-bond donors (Lipinski definition) is 1. The first kappa shape index (κ1) is 21.9. The summed E-state index contributed by atoms with van der Waals surface area (Å²) in [5.74, 6) is 2.09. The number of benzene rings is 3. The Labute approximate surface area is 197 Å². The van der Waals surface area contributed by atoms with E-state index in [9.17, 15) is 13.2 Å². The summed E-state index contributed by atoms with van der Waals surface area (Å²) >= 11 is 0. The summed E-state index contributed by atoms with van der Waals surface area (Å²) in [6.07, 6.45) is 5.19. The number of sulfonamides is 1. The molecule has 1 aliphatic heterocycles. The third kappa shape index (κ3) is 3.98. The average molecular weight is 475 g/mol. The molecule has 5 rings (SSSR count). The third-order valence-electron chi connectivity index (χ3n) is 5.87. The zero-order valence-electron chi connectivity index (χ0n) is 18.3. The SMILES string of the molecule is C#CCNC(=O)c1ccc2oc(N3CCN(S(=O)(=O)c4cccc5ccccc45)CC3)nc2c1. The molecule has 0 saturated carbocycles. The van der Waals surface area contributed by atoms with Gasteiger partial charge in [-0.2, -0.15) is 9.29 Å². The Balaban J connectivity index is 1.33. The quantitative estimate of drug-likeness (QED) is 0.447. The van der Waals surface area contributed by atoms with Crippen LogP contribution in [0.4, 0.5) is 6.01 Å². The minimum atomic E-state index is -3.64. The monoisotopic (exact) mass is 474 g/mol. The first-order valence-electron chi connectivity index (χ1n) is 10.8. The van der Waals surface area contributed by atoms with Crippen molar-refractivity contribution in [2.24, 2.45) is 0 Å². The zero-order chi connectivity index (χ0) is 23.7. The lowest BCUT2D eigenvalue weighted by Gasteiger charge is -2.33. The molecular formula is C25H22N4O4S. The van der Waals surface area contributed by atoms with Gasteiger partial charge in [-0.3, -0.25) is 4.79 Å². The summed E-state index contributed by atoms with van der Waals surface area (Å²) < 4.78 is 34.1. The van der Waals surface area contributed by atoms with Gasteiger partial charge in [-0.1, -0.05) is 42.3 Å². The van der Waals surface area contributed by atoms with E-state index in [-0.39, 0.29) is 12.5 Å². The van der Waals surface area contributed by atoms with Gasteiger partial charge < -0.3 is 14.6 Å². The second kappa shape index (κ2) is 8.82. The Morgan fingerprint density at radius 3 is 2.62 bits per heavy atom. The van der Waals surface area contributed by atoms with E-state index in [0.717, 1.165) is 5.39 Å². The van der Waals surface area contributed by atoms with Crippen LogP contribution in [0, 0.1) is 12.3 Å². The molecule has 34 heavy (non-hydrogen) atoms. The maximum Gasteiger partial charge on any atom is 0.298 e. The fourth-order valence-corrected chi connectivity index (χ4v) is 5.74. The van der Waals surface area contributed by atoms with Crippen LogP contribution in [-0.2, 0) is 10.0 Å². The van der Waals surface area contributed by atoms with Crippen molar-refractivity contribution >= 4 is 43.8 Å². The van der Waals surface area contributed by atoms with E-state index < -0.39 is 10.0 Å². The van der Waals surface area contributed by atoms with Crippen LogP contribution >= 0.6 is 0 Å². The van der Waals surface area contributed by atoms with Gasteiger partial charge in [-0.15, -0.1) is 6.42 Å². The van der Waals surface area contributed by atoms with E-state index in [1.807, 2.05) is 35.2 Å². The van der Waals surface area contributed by atoms with Crippen LogP contribution < -0.4 is 10.2 Å². The summed E-state index contributed by atoms with van der Waals surface area (Å²) in [6.45, 7) is 1.64. The molecule has 0 aliphatic carbocycles. The molecule has 2 heterocycles. The highest BCUT2D eigenvalue weighted by atomic mass is 32.2. The second-order valence-corrected chi connectivity index (χ2v) is 9.84. The predicted octanol–water partition coefficient (Wildman–Crippen LogP) is 2.85. The molecule has 3 aromatic carbocycles. The van der Waals surface area contributed by atoms with E-state index >= 15 is 0 Å². The van der Waals surface area contributed by atoms with Gasteiger partial charge in [0, 0.05) is 37.1 Å². The minimum absolute atomic E-state index is 0.146. The number of carbonyl (C=O) groups excluding carboxylic acids is 1. The number of piperazine rings is 1. The highest BCUT2D eigenvalue weighted by molar-refractivity contribution is 7.89. The van der Waals surface area contributed by atoms with Crippen molar-refractivity contribution in [1.29, 1.82) is 0 Å². The molecule has 0 bridgehead atoms. The largest absolute Gasteiger partial charge is 0.423 e. The van der Waals surface area contributed by atoms with Gasteiger partial charge in [-0.25, -0.2) is 8.42 Å². The minimum Gasteiger partial charge on any atom is -0.423 e. The molecule has 1 fully saturated rings. The summed E-state index contributed by atoms with van der Waals surface area (Å²) in [4.78, 5) is 18.9. The summed E-state index contributed by atoms with van der Waals surface area (Å²) in [5.41, 5.74) is 1.54. The summed E-state index contributed by atoms with van der Waals surface area (Å²) in [7, 11) is -3.64. The highest BCUT2D eigenvalue weighted by Crippen LogP contribution is 2.28. The maximum atomic E-state index is 13.4. The number of amides is 1. The number of aromatic nitrogens is 1. The molecule has 172 valence electrons. The van der Waals surface area contributed by atoms with Crippen LogP contribution in [0.15, 0.2) is 70.0 Å². The van der Waals surface area contributed by atoms with Gasteiger partial charge >= 0.3 is 0 Å². The van der Waals surface area contributed by atoms with E-state index in [4.69, 9.17) is 10.8 Å². The van der Waals surface area contributed by atoms with Crippen molar-refractivity contribution in [2.45, 2.75) is 4.90 Å². The predicted molar refractivity (Wildman–Crippen MR) is 130 cm³/mol. The van der Waals surface area contributed by atoms with E-state index in [0.29, 0.717) is 59.1 Å². The van der Waals surface area contributed by atoms with Crippen molar-refractivity contribution in [3.8, 4) is 12.3 Å². The average Bonchev–Trinajstić information content (AvgIpc) is 3.30. The molecule has 1 saturated heterocycles. The lowest BCUT2D eigenvalue weighted by molar-refractivity contribution is 0.0959. The van der Waals surface area contributed by atoms with Crippen molar-refractivity contribution in [3.05, 3.63) is 66.2 Å². The van der Waals surface area contributed by atoms with Crippen LogP contribution in [-0.4, -0.2) is 56.3 Å². The first-order valence-corrected chi connectivity index (χ1v) is 12.3. The number of rotatable bonds is 5. The van der Waals surface area contributed by atoms with E-state index in [1.165, 1.54) is 4.31 Å². The van der Waals surface area contributed by atoms with Crippen LogP contribution in [0.3, 0.4) is 0 Å². The van der Waals surface area contributed by atoms with Crippen molar-refractivity contribution in [2.75, 3.05) is 37.6 Å². The maximum absolute atomic E-state index is 13.4. The third-order valence-corrected chi connectivity index (χ3v) is 7.82. The normalized spacial score (nSPS) is 14.9. The van der Waals surface area contributed by atoms with Crippen LogP contribution in [0.5, 0.6) is 0 Å². The van der Waals surface area contributed by atoms with Gasteiger partial charge in [-0.05, 0) is 29.7 Å². The Hall–Kier alpha value is -3.87. The van der Waals surface area contributed by atoms with Gasteiger partial charge in [0.15, 0.2) is 5.58 Å². The van der Waals surface area contributed by atoms with Crippen LogP contribution in [0.2, 0.25) is 0 Å². The molecule has 0 unspecified atom stereocenters. The summed E-state index contributed by atoms with van der Waals surface area (Å²) in [6, 6.07) is 18.2. The number of oxazole rings is 1. The van der Waals surface area contributed by atoms with Crippen LogP contribution in [0.25, 0.3) is 21.9 Å². The fraction of sp³-hybridized carbons (Fsp3) is 0.200. The Morgan fingerprint density at radius 2 is 1.82 bits per heavy atom. The molecule has 1 amide bonds. The topological polar surface area (TPSA) is 95.8 Å². The smallest absolute Gasteiger partial charge is 0.298 e. The molecule has 9 heteroatoms. The van der Waals surface area contributed by atoms with E-state index in [1.54, 1.807) is 30.3 Å². The van der Waals surface area contributed by atoms with Crippen molar-refractivity contribution in [1.82, 2.24) is 14.6 Å². The fourth-order valence-electron chi connectivity index (χ4n) is 4.10. The number of anilines is 1. The van der Waals surface area contributed by atoms with Crippen LogP contribution in [0.1, 0.15) is 10.4 Å². The molecular weight excluding hydrogens is 452 g/mol. The second-order valence-electron chi connectivity index (χ2n) is 7.93. The highest BCUT2D eigenvalue weighted by Gasteiger charge is 2.31. The standard InChI is InChI=1S/C25H22N4O4S/c1-2-12-26-24(30)19-10-11-22-21(17-19)27-25(33-22)28-13-15-29(16-14-28)34(31,32)23-9-5-7-18-6-3-4-8-20(18)23/h1,3-11,17H,12-16H2,(H,26,30). The lowest BCUT2D eigenvalue weighted by atomic mass is 10.1. The van der Waals surface area contributed by atoms with E-state index in [2.05, 4.69) is 16.2 Å². The Bertz CT molecular complexity index is 1520. The molecule has 0 atom stereocenters. The van der Waals surface area contributed by atoms with Crippen molar-refractivity contribution < 1.29 is 17.6 Å². The number of nitrogens with zero attached hydrogens (tertiary/aromatic N) is 3. The first-order chi connectivity index (χ1) is 16.5. The number of terminal acetylenes is 1. The zero-order valence-corrected chi connectivity index (χ0v) is 19.1. The number of hydrogen-bond acceptors (Lipinski definition) is 6. The number of nitrogens with one attached hydrogen (secondary N) is 1. The molecule has 0 spiro atoms. The molecule has 0 radical (unpaired) electrons. The lowest BCUT2D eigenvalue weighted by Crippen LogP contribution is -2.48. The molecule has 8 nitrogen and oxygen atoms in total. The van der Waals surface area contributed by atoms with Crippen molar-refractivity contribution in [3.63, 3.8) is 0 Å². The molecule has 1 aliphatic rings.